The summed E-state index contributed by atoms with van der Waals surface area (Å²) in [6.07, 6.45) is -1.09. The van der Waals surface area contributed by atoms with Gasteiger partial charge in [-0.2, -0.15) is 18.2 Å². The summed E-state index contributed by atoms with van der Waals surface area (Å²) in [6.45, 7) is 4.22. The van der Waals surface area contributed by atoms with Crippen LogP contribution in [0.4, 0.5) is 13.2 Å². The number of hydrogen-bond acceptors (Lipinski definition) is 5. The van der Waals surface area contributed by atoms with E-state index in [9.17, 15) is 13.2 Å². The van der Waals surface area contributed by atoms with E-state index in [1.165, 1.54) is 12.5 Å². The quantitative estimate of drug-likeness (QED) is 0.819. The topological polar surface area (TPSA) is 51.4 Å². The number of rotatable bonds is 3. The third-order valence-corrected chi connectivity index (χ3v) is 5.34. The molecule has 2 heterocycles. The maximum absolute atomic E-state index is 12.9. The number of nitrogens with zero attached hydrogens (tertiary/aromatic N) is 3. The highest BCUT2D eigenvalue weighted by molar-refractivity contribution is 5.55. The normalized spacial score (nSPS) is 21.5. The summed E-state index contributed by atoms with van der Waals surface area (Å²) < 4.78 is 49.9. The minimum absolute atomic E-state index is 0.0452. The van der Waals surface area contributed by atoms with Crippen LogP contribution in [0.15, 0.2) is 28.8 Å². The molecule has 1 aliphatic heterocycles. The van der Waals surface area contributed by atoms with Gasteiger partial charge < -0.3 is 9.26 Å². The van der Waals surface area contributed by atoms with Crippen molar-refractivity contribution in [2.24, 2.45) is 0 Å². The summed E-state index contributed by atoms with van der Waals surface area (Å²) in [5, 5.41) is 3.88. The number of aromatic nitrogens is 2. The second-order valence-electron chi connectivity index (χ2n) is 7.07. The van der Waals surface area contributed by atoms with Crippen LogP contribution in [0.2, 0.25) is 0 Å². The van der Waals surface area contributed by atoms with Gasteiger partial charge >= 0.3 is 6.18 Å². The lowest BCUT2D eigenvalue weighted by molar-refractivity contribution is -0.159. The Kier molecular flexibility index (Phi) is 4.27. The number of alkyl halides is 3. The van der Waals surface area contributed by atoms with E-state index in [0.29, 0.717) is 18.1 Å². The molecule has 5 nitrogen and oxygen atoms in total. The molecular formula is C18H20F3N3O2. The second-order valence-corrected chi connectivity index (χ2v) is 7.07. The summed E-state index contributed by atoms with van der Waals surface area (Å²) in [7, 11) is 0. The molecule has 140 valence electrons. The largest absolute Gasteiger partial charge is 0.416 e. The van der Waals surface area contributed by atoms with Gasteiger partial charge in [0, 0.05) is 18.7 Å². The predicted octanol–water partition coefficient (Wildman–Crippen LogP) is 4.07. The highest BCUT2D eigenvalue weighted by Crippen LogP contribution is 2.40. The van der Waals surface area contributed by atoms with Crippen LogP contribution in [-0.2, 0) is 10.9 Å². The number of halogens is 3. The monoisotopic (exact) mass is 367 g/mol. The first-order valence-electron chi connectivity index (χ1n) is 8.76. The van der Waals surface area contributed by atoms with Crippen molar-refractivity contribution < 1.29 is 22.4 Å². The standard InChI is InChI=1S/C18H20F3N3O2/c1-12(24-8-9-25-17(11-24)6-3-7-17)16-22-15(23-26-16)13-4-2-5-14(10-13)18(19,20)21/h2,4-5,10,12H,3,6-9,11H2,1H3. The summed E-state index contributed by atoms with van der Waals surface area (Å²) >= 11 is 0. The van der Waals surface area contributed by atoms with Crippen molar-refractivity contribution in [1.82, 2.24) is 15.0 Å². The first-order valence-corrected chi connectivity index (χ1v) is 8.76. The highest BCUT2D eigenvalue weighted by atomic mass is 19.4. The van der Waals surface area contributed by atoms with Gasteiger partial charge in [-0.3, -0.25) is 4.90 Å². The molecule has 1 unspecified atom stereocenters. The van der Waals surface area contributed by atoms with Crippen molar-refractivity contribution in [1.29, 1.82) is 0 Å². The third-order valence-electron chi connectivity index (χ3n) is 5.34. The van der Waals surface area contributed by atoms with Gasteiger partial charge in [0.1, 0.15) is 0 Å². The Morgan fingerprint density at radius 1 is 1.27 bits per heavy atom. The maximum atomic E-state index is 12.9. The number of morpholine rings is 1. The van der Waals surface area contributed by atoms with E-state index in [-0.39, 0.29) is 17.5 Å². The lowest BCUT2D eigenvalue weighted by Crippen LogP contribution is -2.56. The fourth-order valence-electron chi connectivity index (χ4n) is 3.59. The van der Waals surface area contributed by atoms with E-state index >= 15 is 0 Å². The Bertz CT molecular complexity index is 786. The van der Waals surface area contributed by atoms with Crippen molar-refractivity contribution in [2.45, 2.75) is 44.0 Å². The molecule has 2 fully saturated rings. The zero-order valence-electron chi connectivity index (χ0n) is 14.4. The van der Waals surface area contributed by atoms with Crippen molar-refractivity contribution in [3.8, 4) is 11.4 Å². The fourth-order valence-corrected chi connectivity index (χ4v) is 3.59. The van der Waals surface area contributed by atoms with Gasteiger partial charge in [-0.05, 0) is 38.3 Å². The Morgan fingerprint density at radius 3 is 2.77 bits per heavy atom. The summed E-state index contributed by atoms with van der Waals surface area (Å²) in [5.74, 6) is 0.582. The SMILES string of the molecule is CC(c1nc(-c2cccc(C(F)(F)F)c2)no1)N1CCOC2(CCC2)C1. The van der Waals surface area contributed by atoms with Crippen molar-refractivity contribution in [2.75, 3.05) is 19.7 Å². The molecule has 0 bridgehead atoms. The molecule has 1 aromatic heterocycles. The Morgan fingerprint density at radius 2 is 2.08 bits per heavy atom. The molecule has 1 saturated heterocycles. The molecule has 1 atom stereocenters. The number of ether oxygens (including phenoxy) is 1. The van der Waals surface area contributed by atoms with Crippen molar-refractivity contribution in [3.05, 3.63) is 35.7 Å². The summed E-state index contributed by atoms with van der Waals surface area (Å²) in [4.78, 5) is 6.58. The molecule has 1 saturated carbocycles. The molecule has 0 radical (unpaired) electrons. The Balaban J connectivity index is 1.52. The molecule has 1 aromatic carbocycles. The average molecular weight is 367 g/mol. The molecule has 26 heavy (non-hydrogen) atoms. The van der Waals surface area contributed by atoms with Gasteiger partial charge in [-0.25, -0.2) is 0 Å². The molecule has 8 heteroatoms. The maximum Gasteiger partial charge on any atom is 0.416 e. The number of benzene rings is 1. The smallest absolute Gasteiger partial charge is 0.372 e. The van der Waals surface area contributed by atoms with Crippen LogP contribution in [0.3, 0.4) is 0 Å². The van der Waals surface area contributed by atoms with Gasteiger partial charge in [0.25, 0.3) is 0 Å². The predicted molar refractivity (Wildman–Crippen MR) is 87.3 cm³/mol. The van der Waals surface area contributed by atoms with E-state index in [1.807, 2.05) is 6.92 Å². The lowest BCUT2D eigenvalue weighted by atomic mass is 9.78. The first-order chi connectivity index (χ1) is 12.4. The first kappa shape index (κ1) is 17.5. The fraction of sp³-hybridized carbons (Fsp3) is 0.556. The average Bonchev–Trinajstić information content (AvgIpc) is 3.09. The molecule has 4 rings (SSSR count). The van der Waals surface area contributed by atoms with Crippen LogP contribution in [0.1, 0.15) is 43.7 Å². The summed E-state index contributed by atoms with van der Waals surface area (Å²) in [6, 6.07) is 4.85. The van der Waals surface area contributed by atoms with Crippen LogP contribution in [0.25, 0.3) is 11.4 Å². The lowest BCUT2D eigenvalue weighted by Gasteiger charge is -2.49. The van der Waals surface area contributed by atoms with Gasteiger partial charge in [-0.1, -0.05) is 17.3 Å². The van der Waals surface area contributed by atoms with E-state index in [2.05, 4.69) is 15.0 Å². The summed E-state index contributed by atoms with van der Waals surface area (Å²) in [5.41, 5.74) is -0.481. The molecule has 2 aliphatic rings. The highest BCUT2D eigenvalue weighted by Gasteiger charge is 2.43. The number of hydrogen-bond donors (Lipinski definition) is 0. The van der Waals surface area contributed by atoms with E-state index in [4.69, 9.17) is 9.26 Å². The van der Waals surface area contributed by atoms with Crippen LogP contribution >= 0.6 is 0 Å². The molecule has 1 spiro atoms. The van der Waals surface area contributed by atoms with Crippen LogP contribution in [0.5, 0.6) is 0 Å². The zero-order valence-corrected chi connectivity index (χ0v) is 14.4. The minimum atomic E-state index is -4.40. The molecule has 2 aromatic rings. The Hall–Kier alpha value is -1.93. The van der Waals surface area contributed by atoms with Gasteiger partial charge in [0.15, 0.2) is 0 Å². The van der Waals surface area contributed by atoms with E-state index in [1.54, 1.807) is 6.07 Å². The van der Waals surface area contributed by atoms with Crippen LogP contribution in [0, 0.1) is 0 Å². The zero-order chi connectivity index (χ0) is 18.4. The van der Waals surface area contributed by atoms with Crippen molar-refractivity contribution >= 4 is 0 Å². The van der Waals surface area contributed by atoms with Crippen LogP contribution in [-0.4, -0.2) is 40.3 Å². The van der Waals surface area contributed by atoms with Gasteiger partial charge in [0.05, 0.1) is 23.8 Å². The molecule has 1 aliphatic carbocycles. The molecular weight excluding hydrogens is 347 g/mol. The second kappa shape index (κ2) is 6.35. The molecule has 0 N–H and O–H groups in total. The van der Waals surface area contributed by atoms with E-state index < -0.39 is 11.7 Å². The van der Waals surface area contributed by atoms with Gasteiger partial charge in [0.2, 0.25) is 11.7 Å². The van der Waals surface area contributed by atoms with Gasteiger partial charge in [-0.15, -0.1) is 0 Å². The Labute approximate surface area is 149 Å². The third kappa shape index (κ3) is 3.23. The minimum Gasteiger partial charge on any atom is -0.372 e. The van der Waals surface area contributed by atoms with Crippen LogP contribution < -0.4 is 0 Å². The van der Waals surface area contributed by atoms with Crippen molar-refractivity contribution in [3.63, 3.8) is 0 Å². The van der Waals surface area contributed by atoms with E-state index in [0.717, 1.165) is 38.1 Å². The molecule has 0 amide bonds.